The van der Waals surface area contributed by atoms with Crippen LogP contribution in [0.3, 0.4) is 0 Å². The summed E-state index contributed by atoms with van der Waals surface area (Å²) < 4.78 is 5.60. The normalized spacial score (nSPS) is 26.4. The molecule has 0 amide bonds. The molecule has 5 heteroatoms. The largest absolute Gasteiger partial charge is 0.378 e. The molecule has 1 aliphatic rings. The van der Waals surface area contributed by atoms with Gasteiger partial charge in [0.15, 0.2) is 0 Å². The molecule has 0 saturated carbocycles. The molecule has 3 atom stereocenters. The third kappa shape index (κ3) is 3.04. The molecule has 0 aromatic carbocycles. The first-order valence-corrected chi connectivity index (χ1v) is 6.92. The highest BCUT2D eigenvalue weighted by Crippen LogP contribution is 2.26. The molecular formula is C12H21N3OS. The van der Waals surface area contributed by atoms with Crippen molar-refractivity contribution in [3.05, 3.63) is 15.6 Å². The van der Waals surface area contributed by atoms with Crippen molar-refractivity contribution in [3.8, 4) is 0 Å². The van der Waals surface area contributed by atoms with Crippen LogP contribution in [0.25, 0.3) is 0 Å². The fourth-order valence-corrected chi connectivity index (χ4v) is 3.30. The zero-order valence-electron chi connectivity index (χ0n) is 10.7. The molecule has 1 aliphatic heterocycles. The van der Waals surface area contributed by atoms with Gasteiger partial charge in [-0.1, -0.05) is 0 Å². The van der Waals surface area contributed by atoms with Crippen molar-refractivity contribution in [1.82, 2.24) is 10.4 Å². The number of hydrazine groups is 1. The lowest BCUT2D eigenvalue weighted by atomic mass is 9.95. The van der Waals surface area contributed by atoms with Gasteiger partial charge in [0.1, 0.15) is 0 Å². The van der Waals surface area contributed by atoms with E-state index in [9.17, 15) is 0 Å². The average molecular weight is 255 g/mol. The summed E-state index contributed by atoms with van der Waals surface area (Å²) in [6, 6.07) is 0.268. The van der Waals surface area contributed by atoms with Crippen molar-refractivity contribution in [2.75, 3.05) is 6.61 Å². The molecule has 17 heavy (non-hydrogen) atoms. The van der Waals surface area contributed by atoms with Crippen LogP contribution < -0.4 is 11.3 Å². The third-order valence-corrected chi connectivity index (χ3v) is 4.58. The number of hydrogen-bond acceptors (Lipinski definition) is 5. The zero-order valence-corrected chi connectivity index (χ0v) is 11.5. The Balaban J connectivity index is 1.99. The summed E-state index contributed by atoms with van der Waals surface area (Å²) in [5.41, 5.74) is 4.06. The van der Waals surface area contributed by atoms with E-state index < -0.39 is 0 Å². The molecule has 1 saturated heterocycles. The Morgan fingerprint density at radius 2 is 2.35 bits per heavy atom. The van der Waals surface area contributed by atoms with Crippen LogP contribution in [-0.4, -0.2) is 23.7 Å². The maximum atomic E-state index is 5.66. The van der Waals surface area contributed by atoms with Crippen molar-refractivity contribution < 1.29 is 4.74 Å². The Labute approximate surface area is 107 Å². The number of aromatic nitrogens is 1. The zero-order chi connectivity index (χ0) is 12.4. The standard InChI is InChI=1S/C12H21N3OS/c1-7-4-10(6-16-7)11(15-13)5-12-14-8(2)9(3)17-12/h7,10-11,15H,4-6,13H2,1-3H3. The van der Waals surface area contributed by atoms with E-state index in [-0.39, 0.29) is 6.04 Å². The van der Waals surface area contributed by atoms with Crippen molar-refractivity contribution in [2.24, 2.45) is 11.8 Å². The molecule has 3 unspecified atom stereocenters. The molecule has 0 bridgehead atoms. The minimum atomic E-state index is 0.268. The molecule has 0 spiro atoms. The van der Waals surface area contributed by atoms with Crippen molar-refractivity contribution >= 4 is 11.3 Å². The highest BCUT2D eigenvalue weighted by atomic mass is 32.1. The topological polar surface area (TPSA) is 60.2 Å². The number of nitrogens with zero attached hydrogens (tertiary/aromatic N) is 1. The number of thiazole rings is 1. The van der Waals surface area contributed by atoms with Gasteiger partial charge in [0, 0.05) is 23.3 Å². The number of aryl methyl sites for hydroxylation is 2. The predicted octanol–water partition coefficient (Wildman–Crippen LogP) is 1.56. The summed E-state index contributed by atoms with van der Waals surface area (Å²) in [4.78, 5) is 5.87. The Hall–Kier alpha value is -0.490. The number of rotatable bonds is 4. The van der Waals surface area contributed by atoms with Gasteiger partial charge >= 0.3 is 0 Å². The highest BCUT2D eigenvalue weighted by Gasteiger charge is 2.29. The molecule has 96 valence electrons. The van der Waals surface area contributed by atoms with E-state index in [1.165, 1.54) is 9.88 Å². The van der Waals surface area contributed by atoms with E-state index in [1.54, 1.807) is 11.3 Å². The van der Waals surface area contributed by atoms with Gasteiger partial charge in [0.05, 0.1) is 23.4 Å². The second kappa shape index (κ2) is 5.44. The average Bonchev–Trinajstić information content (AvgIpc) is 2.83. The molecule has 0 aliphatic carbocycles. The minimum absolute atomic E-state index is 0.268. The monoisotopic (exact) mass is 255 g/mol. The summed E-state index contributed by atoms with van der Waals surface area (Å²) in [7, 11) is 0. The lowest BCUT2D eigenvalue weighted by Gasteiger charge is -2.20. The van der Waals surface area contributed by atoms with Crippen molar-refractivity contribution in [3.63, 3.8) is 0 Å². The second-order valence-electron chi connectivity index (χ2n) is 4.87. The summed E-state index contributed by atoms with van der Waals surface area (Å²) in [6.45, 7) is 7.09. The summed E-state index contributed by atoms with van der Waals surface area (Å²) in [5, 5.41) is 1.17. The van der Waals surface area contributed by atoms with Crippen LogP contribution in [0.2, 0.25) is 0 Å². The molecule has 3 N–H and O–H groups in total. The van der Waals surface area contributed by atoms with Gasteiger partial charge in [-0.05, 0) is 27.2 Å². The van der Waals surface area contributed by atoms with Gasteiger partial charge in [-0.15, -0.1) is 11.3 Å². The molecule has 0 radical (unpaired) electrons. The van der Waals surface area contributed by atoms with Crippen LogP contribution in [0.4, 0.5) is 0 Å². The fraction of sp³-hybridized carbons (Fsp3) is 0.750. The van der Waals surface area contributed by atoms with Gasteiger partial charge in [-0.2, -0.15) is 0 Å². The van der Waals surface area contributed by atoms with Crippen LogP contribution in [0.1, 0.15) is 28.9 Å². The minimum Gasteiger partial charge on any atom is -0.378 e. The number of nitrogens with two attached hydrogens (primary N) is 1. The molecule has 1 aromatic heterocycles. The van der Waals surface area contributed by atoms with E-state index in [1.807, 2.05) is 0 Å². The van der Waals surface area contributed by atoms with Gasteiger partial charge in [-0.3, -0.25) is 11.3 Å². The van der Waals surface area contributed by atoms with Crippen LogP contribution in [0.15, 0.2) is 0 Å². The Kier molecular flexibility index (Phi) is 4.14. The lowest BCUT2D eigenvalue weighted by Crippen LogP contribution is -2.42. The second-order valence-corrected chi connectivity index (χ2v) is 6.15. The van der Waals surface area contributed by atoms with Gasteiger partial charge in [-0.25, -0.2) is 4.98 Å². The lowest BCUT2D eigenvalue weighted by molar-refractivity contribution is 0.117. The van der Waals surface area contributed by atoms with Gasteiger partial charge in [0.2, 0.25) is 0 Å². The van der Waals surface area contributed by atoms with Crippen LogP contribution in [-0.2, 0) is 11.2 Å². The van der Waals surface area contributed by atoms with E-state index in [4.69, 9.17) is 10.6 Å². The maximum Gasteiger partial charge on any atom is 0.0947 e. The first kappa shape index (κ1) is 13.0. The Morgan fingerprint density at radius 1 is 1.59 bits per heavy atom. The van der Waals surface area contributed by atoms with Crippen LogP contribution in [0, 0.1) is 19.8 Å². The van der Waals surface area contributed by atoms with E-state index >= 15 is 0 Å². The molecule has 4 nitrogen and oxygen atoms in total. The predicted molar refractivity (Wildman–Crippen MR) is 69.9 cm³/mol. The molecule has 2 heterocycles. The summed E-state index contributed by atoms with van der Waals surface area (Å²) in [6.07, 6.45) is 2.34. The van der Waals surface area contributed by atoms with Crippen molar-refractivity contribution in [2.45, 2.75) is 45.8 Å². The number of hydrogen-bond donors (Lipinski definition) is 2. The van der Waals surface area contributed by atoms with E-state index in [0.29, 0.717) is 12.0 Å². The van der Waals surface area contributed by atoms with Crippen molar-refractivity contribution in [1.29, 1.82) is 0 Å². The fourth-order valence-electron chi connectivity index (χ4n) is 2.31. The SMILES string of the molecule is Cc1nc(CC(NN)C2COC(C)C2)sc1C. The first-order chi connectivity index (χ1) is 8.10. The highest BCUT2D eigenvalue weighted by molar-refractivity contribution is 7.11. The number of nitrogens with one attached hydrogen (secondary N) is 1. The molecule has 1 aromatic rings. The van der Waals surface area contributed by atoms with Gasteiger partial charge in [0.25, 0.3) is 0 Å². The molecule has 2 rings (SSSR count). The van der Waals surface area contributed by atoms with Crippen LogP contribution >= 0.6 is 11.3 Å². The Bertz CT molecular complexity index is 360. The smallest absolute Gasteiger partial charge is 0.0947 e. The summed E-state index contributed by atoms with van der Waals surface area (Å²) >= 11 is 1.77. The van der Waals surface area contributed by atoms with E-state index in [0.717, 1.165) is 25.1 Å². The first-order valence-electron chi connectivity index (χ1n) is 6.10. The molecular weight excluding hydrogens is 234 g/mol. The quantitative estimate of drug-likeness (QED) is 0.633. The Morgan fingerprint density at radius 3 is 2.82 bits per heavy atom. The van der Waals surface area contributed by atoms with Crippen LogP contribution in [0.5, 0.6) is 0 Å². The van der Waals surface area contributed by atoms with E-state index in [2.05, 4.69) is 31.2 Å². The number of ether oxygens (including phenoxy) is 1. The van der Waals surface area contributed by atoms with Gasteiger partial charge < -0.3 is 4.74 Å². The summed E-state index contributed by atoms with van der Waals surface area (Å²) in [5.74, 6) is 6.16. The maximum absolute atomic E-state index is 5.66. The molecule has 1 fully saturated rings. The third-order valence-electron chi connectivity index (χ3n) is 3.48.